The zero-order chi connectivity index (χ0) is 18.4. The van der Waals surface area contributed by atoms with Crippen LogP contribution in [-0.4, -0.2) is 81.0 Å². The third kappa shape index (κ3) is 5.60. The molecule has 0 aromatic heterocycles. The molecule has 1 aromatic carbocycles. The van der Waals surface area contributed by atoms with Gasteiger partial charge < -0.3 is 15.1 Å². The molecule has 0 spiro atoms. The first-order chi connectivity index (χ1) is 11.8. The molecule has 140 valence electrons. The number of thiocarbonyl (C=S) groups is 1. The second kappa shape index (κ2) is 8.88. The van der Waals surface area contributed by atoms with Crippen molar-refractivity contribution < 1.29 is 12.8 Å². The number of sulfonamides is 1. The van der Waals surface area contributed by atoms with E-state index < -0.39 is 15.8 Å². The Bertz CT molecular complexity index is 672. The van der Waals surface area contributed by atoms with Crippen LogP contribution in [0.1, 0.15) is 6.42 Å². The minimum atomic E-state index is -3.59. The second-order valence-electron chi connectivity index (χ2n) is 6.23. The SMILES string of the molecule is CN(C)CCCNC(=S)N1CCN(S(=O)(=O)c2ccc(F)cc2)CC1. The summed E-state index contributed by atoms with van der Waals surface area (Å²) in [5.41, 5.74) is 0. The number of rotatable bonds is 6. The molecule has 1 aliphatic rings. The maximum atomic E-state index is 13.0. The Kier molecular flexibility index (Phi) is 7.12. The summed E-state index contributed by atoms with van der Waals surface area (Å²) in [5.74, 6) is -0.450. The van der Waals surface area contributed by atoms with E-state index in [4.69, 9.17) is 12.2 Å². The maximum absolute atomic E-state index is 13.0. The summed E-state index contributed by atoms with van der Waals surface area (Å²) in [4.78, 5) is 4.22. The molecular weight excluding hydrogens is 363 g/mol. The molecule has 9 heteroatoms. The summed E-state index contributed by atoms with van der Waals surface area (Å²) >= 11 is 5.38. The van der Waals surface area contributed by atoms with Crippen LogP contribution >= 0.6 is 12.2 Å². The van der Waals surface area contributed by atoms with E-state index in [1.807, 2.05) is 19.0 Å². The first-order valence-corrected chi connectivity index (χ1v) is 10.1. The van der Waals surface area contributed by atoms with Crippen LogP contribution in [0.25, 0.3) is 0 Å². The van der Waals surface area contributed by atoms with Crippen LogP contribution in [0.4, 0.5) is 4.39 Å². The Morgan fingerprint density at radius 1 is 1.20 bits per heavy atom. The Morgan fingerprint density at radius 2 is 1.80 bits per heavy atom. The zero-order valence-electron chi connectivity index (χ0n) is 14.6. The number of halogens is 1. The third-order valence-corrected chi connectivity index (χ3v) is 6.35. The van der Waals surface area contributed by atoms with E-state index in [0.29, 0.717) is 31.3 Å². The first kappa shape index (κ1) is 20.0. The van der Waals surface area contributed by atoms with E-state index >= 15 is 0 Å². The lowest BCUT2D eigenvalue weighted by Crippen LogP contribution is -2.53. The molecule has 0 saturated carbocycles. The molecule has 0 bridgehead atoms. The van der Waals surface area contributed by atoms with Gasteiger partial charge in [0.05, 0.1) is 4.90 Å². The summed E-state index contributed by atoms with van der Waals surface area (Å²) in [6.07, 6.45) is 0.992. The summed E-state index contributed by atoms with van der Waals surface area (Å²) in [5, 5.41) is 3.88. The van der Waals surface area contributed by atoms with Crippen LogP contribution < -0.4 is 5.32 Å². The third-order valence-electron chi connectivity index (χ3n) is 4.04. The molecule has 25 heavy (non-hydrogen) atoms. The highest BCUT2D eigenvalue weighted by Gasteiger charge is 2.29. The van der Waals surface area contributed by atoms with Crippen molar-refractivity contribution in [3.05, 3.63) is 30.1 Å². The van der Waals surface area contributed by atoms with Gasteiger partial charge in [-0.05, 0) is 63.5 Å². The maximum Gasteiger partial charge on any atom is 0.243 e. The smallest absolute Gasteiger partial charge is 0.243 e. The monoisotopic (exact) mass is 388 g/mol. The molecule has 0 amide bonds. The molecule has 0 aliphatic carbocycles. The van der Waals surface area contributed by atoms with Crippen LogP contribution in [0.2, 0.25) is 0 Å². The summed E-state index contributed by atoms with van der Waals surface area (Å²) in [6, 6.07) is 4.92. The normalized spacial score (nSPS) is 16.2. The van der Waals surface area contributed by atoms with Crippen molar-refractivity contribution in [3.63, 3.8) is 0 Å². The van der Waals surface area contributed by atoms with Gasteiger partial charge in [0.15, 0.2) is 5.11 Å². The molecule has 1 aromatic rings. The first-order valence-electron chi connectivity index (χ1n) is 8.24. The number of hydrogen-bond acceptors (Lipinski definition) is 4. The van der Waals surface area contributed by atoms with Crippen LogP contribution in [0.3, 0.4) is 0 Å². The van der Waals surface area contributed by atoms with Gasteiger partial charge in [0.25, 0.3) is 0 Å². The van der Waals surface area contributed by atoms with Crippen LogP contribution in [0.15, 0.2) is 29.2 Å². The average molecular weight is 389 g/mol. The molecule has 2 rings (SSSR count). The minimum Gasteiger partial charge on any atom is -0.363 e. The predicted molar refractivity (Wildman–Crippen MR) is 101 cm³/mol. The Balaban J connectivity index is 1.84. The van der Waals surface area contributed by atoms with E-state index in [9.17, 15) is 12.8 Å². The number of nitrogens with zero attached hydrogens (tertiary/aromatic N) is 3. The number of piperazine rings is 1. The van der Waals surface area contributed by atoms with Crippen molar-refractivity contribution in [1.29, 1.82) is 0 Å². The van der Waals surface area contributed by atoms with Gasteiger partial charge in [0.2, 0.25) is 10.0 Å². The standard InChI is InChI=1S/C16H25FN4O2S2/c1-19(2)9-3-8-18-16(24)20-10-12-21(13-11-20)25(22,23)15-6-4-14(17)5-7-15/h4-7H,3,8-13H2,1-2H3,(H,18,24). The van der Waals surface area contributed by atoms with Crippen LogP contribution in [0, 0.1) is 5.82 Å². The van der Waals surface area contributed by atoms with E-state index in [1.54, 1.807) is 0 Å². The molecular formula is C16H25FN4O2S2. The van der Waals surface area contributed by atoms with Gasteiger partial charge in [-0.1, -0.05) is 0 Å². The van der Waals surface area contributed by atoms with Gasteiger partial charge in [-0.25, -0.2) is 12.8 Å². The van der Waals surface area contributed by atoms with Crippen LogP contribution in [0.5, 0.6) is 0 Å². The minimum absolute atomic E-state index is 0.117. The van der Waals surface area contributed by atoms with Gasteiger partial charge >= 0.3 is 0 Å². The van der Waals surface area contributed by atoms with Crippen molar-refractivity contribution in [1.82, 2.24) is 19.4 Å². The fourth-order valence-corrected chi connectivity index (χ4v) is 4.30. The van der Waals surface area contributed by atoms with Crippen molar-refractivity contribution in [3.8, 4) is 0 Å². The quantitative estimate of drug-likeness (QED) is 0.579. The molecule has 0 radical (unpaired) electrons. The van der Waals surface area contributed by atoms with Crippen molar-refractivity contribution in [2.45, 2.75) is 11.3 Å². The van der Waals surface area contributed by atoms with E-state index in [1.165, 1.54) is 16.4 Å². The molecule has 1 aliphatic heterocycles. The largest absolute Gasteiger partial charge is 0.363 e. The fraction of sp³-hybridized carbons (Fsp3) is 0.562. The van der Waals surface area contributed by atoms with E-state index in [-0.39, 0.29) is 4.90 Å². The lowest BCUT2D eigenvalue weighted by atomic mass is 10.3. The molecule has 6 nitrogen and oxygen atoms in total. The molecule has 1 saturated heterocycles. The van der Waals surface area contributed by atoms with Gasteiger partial charge in [-0.15, -0.1) is 0 Å². The van der Waals surface area contributed by atoms with Gasteiger partial charge in [0.1, 0.15) is 5.82 Å². The number of benzene rings is 1. The van der Waals surface area contributed by atoms with Gasteiger partial charge in [0, 0.05) is 32.7 Å². The van der Waals surface area contributed by atoms with Crippen molar-refractivity contribution >= 4 is 27.4 Å². The van der Waals surface area contributed by atoms with Gasteiger partial charge in [-0.2, -0.15) is 4.31 Å². The van der Waals surface area contributed by atoms with Crippen molar-refractivity contribution in [2.75, 3.05) is 53.4 Å². The van der Waals surface area contributed by atoms with Crippen molar-refractivity contribution in [2.24, 2.45) is 0 Å². The summed E-state index contributed by atoms with van der Waals surface area (Å²) < 4.78 is 39.6. The highest BCUT2D eigenvalue weighted by atomic mass is 32.2. The summed E-state index contributed by atoms with van der Waals surface area (Å²) in [6.45, 7) is 3.59. The Labute approximate surface area is 154 Å². The van der Waals surface area contributed by atoms with Crippen LogP contribution in [-0.2, 0) is 10.0 Å². The lowest BCUT2D eigenvalue weighted by Gasteiger charge is -2.35. The lowest BCUT2D eigenvalue weighted by molar-refractivity contribution is 0.263. The highest BCUT2D eigenvalue weighted by Crippen LogP contribution is 2.18. The fourth-order valence-electron chi connectivity index (χ4n) is 2.59. The number of nitrogens with one attached hydrogen (secondary N) is 1. The topological polar surface area (TPSA) is 55.9 Å². The zero-order valence-corrected chi connectivity index (χ0v) is 16.2. The number of hydrogen-bond donors (Lipinski definition) is 1. The molecule has 1 heterocycles. The van der Waals surface area contributed by atoms with E-state index in [0.717, 1.165) is 31.6 Å². The Morgan fingerprint density at radius 3 is 2.36 bits per heavy atom. The van der Waals surface area contributed by atoms with E-state index in [2.05, 4.69) is 10.2 Å². The molecule has 0 atom stereocenters. The highest BCUT2D eigenvalue weighted by molar-refractivity contribution is 7.89. The molecule has 0 unspecified atom stereocenters. The summed E-state index contributed by atoms with van der Waals surface area (Å²) in [7, 11) is 0.466. The molecule has 1 fully saturated rings. The van der Waals surface area contributed by atoms with Gasteiger partial charge in [-0.3, -0.25) is 0 Å². The Hall–Kier alpha value is -1.29. The molecule has 1 N–H and O–H groups in total. The predicted octanol–water partition coefficient (Wildman–Crippen LogP) is 0.958. The second-order valence-corrected chi connectivity index (χ2v) is 8.56. The average Bonchev–Trinajstić information content (AvgIpc) is 2.59.